The van der Waals surface area contributed by atoms with E-state index >= 15 is 0 Å². The lowest BCUT2D eigenvalue weighted by molar-refractivity contribution is -0.170. The van der Waals surface area contributed by atoms with E-state index in [9.17, 15) is 14.4 Å². The highest BCUT2D eigenvalue weighted by Crippen LogP contribution is 2.54. The predicted octanol–water partition coefficient (Wildman–Crippen LogP) is 1.30. The second kappa shape index (κ2) is 5.81. The number of carbonyl (C=O) groups excluding carboxylic acids is 3. The molecule has 3 rings (SSSR count). The number of β-lactam (4-membered cyclic amide) rings is 1. The van der Waals surface area contributed by atoms with E-state index in [0.29, 0.717) is 6.41 Å². The monoisotopic (exact) mass is 348 g/mol. The molecule has 0 bridgehead atoms. The Hall–Kier alpha value is -2.02. The van der Waals surface area contributed by atoms with Crippen molar-refractivity contribution in [3.63, 3.8) is 0 Å². The molecule has 2 aliphatic heterocycles. The van der Waals surface area contributed by atoms with Crippen LogP contribution < -0.4 is 5.32 Å². The minimum absolute atomic E-state index is 0.174. The number of hydrogen-bond donors (Lipinski definition) is 1. The fourth-order valence-corrected chi connectivity index (χ4v) is 4.92. The molecule has 1 aromatic rings. The van der Waals surface area contributed by atoms with Crippen LogP contribution in [0.15, 0.2) is 30.3 Å². The SMILES string of the molecule is CC1(C)S[C@H]2N(C(=O)[C@@]2(C)NC=O)[C@H]1C(=O)OCc1ccccc1. The van der Waals surface area contributed by atoms with Crippen molar-refractivity contribution in [3.05, 3.63) is 35.9 Å². The molecule has 7 heteroatoms. The van der Waals surface area contributed by atoms with E-state index in [4.69, 9.17) is 4.74 Å². The Kier molecular flexibility index (Phi) is 4.07. The van der Waals surface area contributed by atoms with Crippen molar-refractivity contribution >= 4 is 30.0 Å². The molecule has 128 valence electrons. The molecule has 2 aliphatic rings. The van der Waals surface area contributed by atoms with Gasteiger partial charge in [0.2, 0.25) is 6.41 Å². The summed E-state index contributed by atoms with van der Waals surface area (Å²) in [4.78, 5) is 37.5. The zero-order valence-electron chi connectivity index (χ0n) is 13.8. The van der Waals surface area contributed by atoms with Crippen molar-refractivity contribution < 1.29 is 19.1 Å². The Labute approximate surface area is 144 Å². The minimum atomic E-state index is -0.960. The molecule has 3 atom stereocenters. The van der Waals surface area contributed by atoms with Gasteiger partial charge in [0.25, 0.3) is 5.91 Å². The Bertz CT molecular complexity index is 678. The normalized spacial score (nSPS) is 30.3. The molecule has 0 unspecified atom stereocenters. The number of thioether (sulfide) groups is 1. The molecule has 1 N–H and O–H groups in total. The number of hydrogen-bond acceptors (Lipinski definition) is 5. The number of amides is 2. The molecule has 0 spiro atoms. The number of ether oxygens (including phenoxy) is 1. The topological polar surface area (TPSA) is 75.7 Å². The maximum absolute atomic E-state index is 12.6. The molecule has 0 radical (unpaired) electrons. The quantitative estimate of drug-likeness (QED) is 0.493. The fourth-order valence-electron chi connectivity index (χ4n) is 3.27. The predicted molar refractivity (Wildman–Crippen MR) is 89.9 cm³/mol. The standard InChI is InChI=1S/C17H20N2O4S/c1-16(2)12(13(21)23-9-11-7-5-4-6-8-11)19-14(22)17(3,18-10-20)15(19)24-16/h4-8,10,12,15H,9H2,1-3H3,(H,18,20)/t12-,15+,17+/m0/s1. The highest BCUT2D eigenvalue weighted by Gasteiger charge is 2.69. The van der Waals surface area contributed by atoms with Crippen LogP contribution in [0.25, 0.3) is 0 Å². The third-order valence-corrected chi connectivity index (χ3v) is 6.34. The Morgan fingerprint density at radius 2 is 2.00 bits per heavy atom. The van der Waals surface area contributed by atoms with Crippen LogP contribution >= 0.6 is 11.8 Å². The smallest absolute Gasteiger partial charge is 0.330 e. The summed E-state index contributed by atoms with van der Waals surface area (Å²) in [6.45, 7) is 5.69. The summed E-state index contributed by atoms with van der Waals surface area (Å²) < 4.78 is 4.95. The summed E-state index contributed by atoms with van der Waals surface area (Å²) in [6, 6.07) is 8.75. The van der Waals surface area contributed by atoms with Crippen LogP contribution in [0.4, 0.5) is 0 Å². The minimum Gasteiger partial charge on any atom is -0.459 e. The van der Waals surface area contributed by atoms with E-state index in [2.05, 4.69) is 5.32 Å². The summed E-state index contributed by atoms with van der Waals surface area (Å²) in [5.74, 6) is -0.667. The number of esters is 1. The third-order valence-electron chi connectivity index (χ3n) is 4.58. The summed E-state index contributed by atoms with van der Waals surface area (Å²) in [5, 5.41) is 2.33. The summed E-state index contributed by atoms with van der Waals surface area (Å²) in [6.07, 6.45) is 0.532. The first-order valence-electron chi connectivity index (χ1n) is 7.74. The van der Waals surface area contributed by atoms with Gasteiger partial charge in [0.15, 0.2) is 0 Å². The van der Waals surface area contributed by atoms with E-state index in [0.717, 1.165) is 5.56 Å². The first-order chi connectivity index (χ1) is 11.3. The van der Waals surface area contributed by atoms with Gasteiger partial charge in [-0.25, -0.2) is 4.79 Å². The molecule has 2 heterocycles. The molecule has 24 heavy (non-hydrogen) atoms. The molecule has 0 saturated carbocycles. The number of fused-ring (bicyclic) bond motifs is 1. The van der Waals surface area contributed by atoms with Crippen molar-refractivity contribution in [1.82, 2.24) is 10.2 Å². The lowest BCUT2D eigenvalue weighted by Gasteiger charge is -2.50. The average Bonchev–Trinajstić information content (AvgIpc) is 2.83. The molecule has 2 amide bonds. The van der Waals surface area contributed by atoms with Crippen LogP contribution in [0.1, 0.15) is 26.3 Å². The molecule has 1 aromatic carbocycles. The van der Waals surface area contributed by atoms with Crippen molar-refractivity contribution in [2.24, 2.45) is 0 Å². The number of nitrogens with zero attached hydrogens (tertiary/aromatic N) is 1. The van der Waals surface area contributed by atoms with Crippen LogP contribution in [-0.2, 0) is 25.7 Å². The Balaban J connectivity index is 1.74. The maximum Gasteiger partial charge on any atom is 0.330 e. The second-order valence-electron chi connectivity index (χ2n) is 6.75. The first-order valence-corrected chi connectivity index (χ1v) is 8.62. The van der Waals surface area contributed by atoms with E-state index in [-0.39, 0.29) is 17.9 Å². The maximum atomic E-state index is 12.6. The highest BCUT2D eigenvalue weighted by atomic mass is 32.2. The van der Waals surface area contributed by atoms with Crippen LogP contribution in [0.5, 0.6) is 0 Å². The summed E-state index contributed by atoms with van der Waals surface area (Å²) in [7, 11) is 0. The summed E-state index contributed by atoms with van der Waals surface area (Å²) >= 11 is 1.51. The number of nitrogens with one attached hydrogen (secondary N) is 1. The van der Waals surface area contributed by atoms with Crippen LogP contribution in [0.3, 0.4) is 0 Å². The van der Waals surface area contributed by atoms with Crippen LogP contribution in [0.2, 0.25) is 0 Å². The van der Waals surface area contributed by atoms with Gasteiger partial charge in [0.05, 0.1) is 0 Å². The molecule has 0 aliphatic carbocycles. The van der Waals surface area contributed by atoms with Crippen molar-refractivity contribution in [3.8, 4) is 0 Å². The second-order valence-corrected chi connectivity index (χ2v) is 8.48. The van der Waals surface area contributed by atoms with Gasteiger partial charge in [0, 0.05) is 4.75 Å². The van der Waals surface area contributed by atoms with E-state index in [1.165, 1.54) is 16.7 Å². The van der Waals surface area contributed by atoms with E-state index in [1.807, 2.05) is 44.2 Å². The highest BCUT2D eigenvalue weighted by molar-refractivity contribution is 8.01. The first kappa shape index (κ1) is 16.8. The molecule has 6 nitrogen and oxygen atoms in total. The van der Waals surface area contributed by atoms with Gasteiger partial charge in [-0.3, -0.25) is 9.59 Å². The van der Waals surface area contributed by atoms with Gasteiger partial charge < -0.3 is 15.0 Å². The molecular formula is C17H20N2O4S. The molecule has 0 aromatic heterocycles. The molecule has 2 fully saturated rings. The van der Waals surface area contributed by atoms with E-state index < -0.39 is 22.3 Å². The van der Waals surface area contributed by atoms with E-state index in [1.54, 1.807) is 6.92 Å². The summed E-state index contributed by atoms with van der Waals surface area (Å²) in [5.41, 5.74) is -0.0636. The van der Waals surface area contributed by atoms with Crippen molar-refractivity contribution in [2.75, 3.05) is 0 Å². The van der Waals surface area contributed by atoms with Gasteiger partial charge in [0.1, 0.15) is 23.6 Å². The molecular weight excluding hydrogens is 328 g/mol. The van der Waals surface area contributed by atoms with Gasteiger partial charge in [-0.1, -0.05) is 30.3 Å². The zero-order chi connectivity index (χ0) is 17.5. The lowest BCUT2D eigenvalue weighted by Crippen LogP contribution is -2.77. The third kappa shape index (κ3) is 2.47. The Morgan fingerprint density at radius 3 is 2.62 bits per heavy atom. The van der Waals surface area contributed by atoms with Gasteiger partial charge in [-0.15, -0.1) is 11.8 Å². The largest absolute Gasteiger partial charge is 0.459 e. The van der Waals surface area contributed by atoms with Crippen LogP contribution in [-0.4, -0.2) is 44.9 Å². The lowest BCUT2D eigenvalue weighted by atomic mass is 9.86. The average molecular weight is 348 g/mol. The number of rotatable bonds is 5. The van der Waals surface area contributed by atoms with Gasteiger partial charge in [-0.05, 0) is 26.3 Å². The van der Waals surface area contributed by atoms with Gasteiger partial charge >= 0.3 is 5.97 Å². The van der Waals surface area contributed by atoms with Crippen molar-refractivity contribution in [1.29, 1.82) is 0 Å². The zero-order valence-corrected chi connectivity index (χ0v) is 14.6. The Morgan fingerprint density at radius 1 is 1.33 bits per heavy atom. The number of carbonyl (C=O) groups is 3. The van der Waals surface area contributed by atoms with Crippen LogP contribution in [0, 0.1) is 0 Å². The molecule has 2 saturated heterocycles. The fraction of sp³-hybridized carbons (Fsp3) is 0.471. The number of benzene rings is 1. The van der Waals surface area contributed by atoms with Gasteiger partial charge in [-0.2, -0.15) is 0 Å². The van der Waals surface area contributed by atoms with Crippen molar-refractivity contribution in [2.45, 2.75) is 49.1 Å².